The molecular formula is C45H38Br2N2O4. The summed E-state index contributed by atoms with van der Waals surface area (Å²) in [5, 5.41) is 6.12. The molecule has 0 heterocycles. The number of rotatable bonds is 12. The predicted octanol–water partition coefficient (Wildman–Crippen LogP) is 11.7. The third kappa shape index (κ3) is 7.13. The zero-order valence-electron chi connectivity index (χ0n) is 29.4. The molecule has 0 spiro atoms. The molecule has 0 bridgehead atoms. The molecule has 2 amide bonds. The van der Waals surface area contributed by atoms with E-state index in [0.717, 1.165) is 32.9 Å². The minimum Gasteiger partial charge on any atom is -0.492 e. The molecule has 1 aliphatic rings. The topological polar surface area (TPSA) is 76.7 Å². The molecule has 0 aliphatic heterocycles. The fraction of sp³-hybridized carbons (Fsp3) is 0.156. The molecule has 0 saturated carbocycles. The molecule has 0 atom stereocenters. The highest BCUT2D eigenvalue weighted by Crippen LogP contribution is 2.56. The first-order chi connectivity index (χ1) is 25.8. The van der Waals surface area contributed by atoms with Crippen LogP contribution < -0.4 is 20.1 Å². The van der Waals surface area contributed by atoms with Crippen molar-refractivity contribution in [2.75, 3.05) is 23.8 Å². The Morgan fingerprint density at radius 3 is 1.32 bits per heavy atom. The van der Waals surface area contributed by atoms with Crippen LogP contribution >= 0.6 is 31.9 Å². The van der Waals surface area contributed by atoms with E-state index in [1.54, 1.807) is 24.3 Å². The van der Waals surface area contributed by atoms with Gasteiger partial charge in [-0.15, -0.1) is 0 Å². The van der Waals surface area contributed by atoms with Gasteiger partial charge in [0.05, 0.1) is 27.6 Å². The lowest BCUT2D eigenvalue weighted by atomic mass is 9.67. The van der Waals surface area contributed by atoms with E-state index in [1.807, 2.05) is 36.4 Å². The number of benzene rings is 6. The summed E-state index contributed by atoms with van der Waals surface area (Å²) in [5.41, 5.74) is 8.57. The third-order valence-electron chi connectivity index (χ3n) is 9.42. The molecule has 0 saturated heterocycles. The van der Waals surface area contributed by atoms with Crippen LogP contribution in [0.3, 0.4) is 0 Å². The number of hydrogen-bond acceptors (Lipinski definition) is 4. The van der Waals surface area contributed by atoms with Gasteiger partial charge in [-0.3, -0.25) is 9.59 Å². The van der Waals surface area contributed by atoms with Gasteiger partial charge in [-0.2, -0.15) is 0 Å². The van der Waals surface area contributed by atoms with E-state index in [4.69, 9.17) is 9.47 Å². The first kappa shape index (κ1) is 36.2. The number of carbonyl (C=O) groups is 2. The lowest BCUT2D eigenvalue weighted by molar-refractivity contribution is 0.101. The summed E-state index contributed by atoms with van der Waals surface area (Å²) in [4.78, 5) is 26.6. The average molecular weight is 831 g/mol. The van der Waals surface area contributed by atoms with Gasteiger partial charge in [-0.1, -0.05) is 86.6 Å². The summed E-state index contributed by atoms with van der Waals surface area (Å²) in [6, 6.07) is 43.9. The van der Waals surface area contributed by atoms with Crippen LogP contribution in [0.5, 0.6) is 11.5 Å². The van der Waals surface area contributed by atoms with Crippen LogP contribution in [0.1, 0.15) is 69.7 Å². The molecule has 0 fully saturated rings. The van der Waals surface area contributed by atoms with Crippen LogP contribution in [0.2, 0.25) is 0 Å². The number of carbonyl (C=O) groups excluding carboxylic acids is 2. The Morgan fingerprint density at radius 2 is 0.943 bits per heavy atom. The molecule has 7 rings (SSSR count). The Balaban J connectivity index is 1.20. The lowest BCUT2D eigenvalue weighted by Gasteiger charge is -2.34. The van der Waals surface area contributed by atoms with Crippen molar-refractivity contribution in [3.8, 4) is 22.6 Å². The van der Waals surface area contributed by atoms with Crippen molar-refractivity contribution >= 4 is 55.0 Å². The van der Waals surface area contributed by atoms with E-state index < -0.39 is 5.41 Å². The largest absolute Gasteiger partial charge is 0.492 e. The van der Waals surface area contributed by atoms with Crippen molar-refractivity contribution in [1.29, 1.82) is 0 Å². The minimum absolute atomic E-state index is 0.211. The normalized spacial score (nSPS) is 12.4. The maximum Gasteiger partial charge on any atom is 0.255 e. The van der Waals surface area contributed by atoms with Crippen molar-refractivity contribution < 1.29 is 19.1 Å². The average Bonchev–Trinajstić information content (AvgIpc) is 3.48. The van der Waals surface area contributed by atoms with E-state index in [0.29, 0.717) is 47.2 Å². The van der Waals surface area contributed by atoms with E-state index in [2.05, 4.69) is 129 Å². The molecule has 0 unspecified atom stereocenters. The van der Waals surface area contributed by atoms with Gasteiger partial charge in [0.1, 0.15) is 11.5 Å². The highest BCUT2D eigenvalue weighted by atomic mass is 79.9. The van der Waals surface area contributed by atoms with Gasteiger partial charge in [0.25, 0.3) is 11.8 Å². The van der Waals surface area contributed by atoms with Crippen molar-refractivity contribution in [3.63, 3.8) is 0 Å². The summed E-state index contributed by atoms with van der Waals surface area (Å²) in [6.07, 6.45) is 1.80. The molecule has 266 valence electrons. The molecule has 0 aromatic heterocycles. The number of amides is 2. The van der Waals surface area contributed by atoms with Gasteiger partial charge >= 0.3 is 0 Å². The smallest absolute Gasteiger partial charge is 0.255 e. The van der Waals surface area contributed by atoms with Crippen LogP contribution in [0.25, 0.3) is 11.1 Å². The number of hydrogen-bond donors (Lipinski definition) is 2. The van der Waals surface area contributed by atoms with Gasteiger partial charge in [-0.05, 0) is 139 Å². The molecule has 6 aromatic rings. The Morgan fingerprint density at radius 1 is 0.547 bits per heavy atom. The zero-order valence-corrected chi connectivity index (χ0v) is 32.6. The SMILES string of the molecule is CCCOc1ccc(C(=O)Nc2ccc(C3(c4ccc(NC(=O)c5ccc(OCCC)c(Br)c5)cc4)c4ccccc4-c4ccccc43)cc2)cc1Br. The molecular weight excluding hydrogens is 792 g/mol. The predicted molar refractivity (Wildman–Crippen MR) is 220 cm³/mol. The quantitative estimate of drug-likeness (QED) is 0.129. The highest BCUT2D eigenvalue weighted by molar-refractivity contribution is 9.11. The van der Waals surface area contributed by atoms with Crippen molar-refractivity contribution in [1.82, 2.24) is 0 Å². The summed E-state index contributed by atoms with van der Waals surface area (Å²) in [7, 11) is 0. The fourth-order valence-corrected chi connectivity index (χ4v) is 7.97. The van der Waals surface area contributed by atoms with Crippen LogP contribution in [0.4, 0.5) is 11.4 Å². The Hall–Kier alpha value is -5.18. The summed E-state index contributed by atoms with van der Waals surface area (Å²) in [6.45, 7) is 5.32. The first-order valence-electron chi connectivity index (χ1n) is 17.7. The number of nitrogens with one attached hydrogen (secondary N) is 2. The number of anilines is 2. The van der Waals surface area contributed by atoms with Crippen molar-refractivity contribution in [2.24, 2.45) is 0 Å². The van der Waals surface area contributed by atoms with Gasteiger partial charge in [0.2, 0.25) is 0 Å². The molecule has 8 heteroatoms. The molecule has 2 N–H and O–H groups in total. The molecule has 0 radical (unpaired) electrons. The van der Waals surface area contributed by atoms with Crippen LogP contribution in [0.15, 0.2) is 142 Å². The third-order valence-corrected chi connectivity index (χ3v) is 10.7. The molecule has 53 heavy (non-hydrogen) atoms. The van der Waals surface area contributed by atoms with E-state index in [-0.39, 0.29) is 11.8 Å². The number of ether oxygens (including phenoxy) is 2. The van der Waals surface area contributed by atoms with Crippen LogP contribution in [0, 0.1) is 0 Å². The maximum atomic E-state index is 13.3. The van der Waals surface area contributed by atoms with E-state index >= 15 is 0 Å². The monoisotopic (exact) mass is 828 g/mol. The lowest BCUT2D eigenvalue weighted by Crippen LogP contribution is -2.28. The second-order valence-corrected chi connectivity index (χ2v) is 14.6. The molecule has 1 aliphatic carbocycles. The van der Waals surface area contributed by atoms with Gasteiger partial charge in [0.15, 0.2) is 0 Å². The van der Waals surface area contributed by atoms with E-state index in [9.17, 15) is 9.59 Å². The Kier molecular flexibility index (Phi) is 10.8. The fourth-order valence-electron chi connectivity index (χ4n) is 6.98. The Labute approximate surface area is 326 Å². The second-order valence-electron chi connectivity index (χ2n) is 12.9. The van der Waals surface area contributed by atoms with Gasteiger partial charge < -0.3 is 20.1 Å². The molecule has 6 nitrogen and oxygen atoms in total. The minimum atomic E-state index is -0.642. The summed E-state index contributed by atoms with van der Waals surface area (Å²) in [5.74, 6) is 0.999. The van der Waals surface area contributed by atoms with Gasteiger partial charge in [-0.25, -0.2) is 0 Å². The summed E-state index contributed by atoms with van der Waals surface area (Å²) >= 11 is 7.08. The summed E-state index contributed by atoms with van der Waals surface area (Å²) < 4.78 is 13.0. The highest BCUT2D eigenvalue weighted by Gasteiger charge is 2.45. The number of halogens is 2. The Bertz CT molecular complexity index is 2120. The van der Waals surface area contributed by atoms with Crippen molar-refractivity contribution in [3.05, 3.63) is 176 Å². The standard InChI is InChI=1S/C45H38Br2N2O4/c1-3-25-52-41-23-13-29(27-39(41)46)43(50)48-33-19-15-31(16-20-33)45(37-11-7-5-9-35(37)36-10-6-8-12-38(36)45)32-17-21-34(22-18-32)49-44(51)30-14-24-42(40(47)28-30)53-26-4-2/h5-24,27-28H,3-4,25-26H2,1-2H3,(H,48,50)(H,49,51). The zero-order chi connectivity index (χ0) is 37.0. The van der Waals surface area contributed by atoms with E-state index in [1.165, 1.54) is 22.3 Å². The van der Waals surface area contributed by atoms with Crippen molar-refractivity contribution in [2.45, 2.75) is 32.1 Å². The maximum absolute atomic E-state index is 13.3. The van der Waals surface area contributed by atoms with Gasteiger partial charge in [0, 0.05) is 22.5 Å². The molecule has 6 aromatic carbocycles. The number of fused-ring (bicyclic) bond motifs is 3. The first-order valence-corrected chi connectivity index (χ1v) is 19.3. The second kappa shape index (κ2) is 15.8. The van der Waals surface area contributed by atoms with Crippen LogP contribution in [-0.4, -0.2) is 25.0 Å². The van der Waals surface area contributed by atoms with Crippen LogP contribution in [-0.2, 0) is 5.41 Å².